The Morgan fingerprint density at radius 2 is 1.80 bits per heavy atom. The minimum Gasteiger partial charge on any atom is -0.389 e. The summed E-state index contributed by atoms with van der Waals surface area (Å²) in [7, 11) is 0. The standard InChI is InChI=1S/C20H16N4S/c21-19(25)16-8-2-1-6-15(16)13-24-18-10-4-3-9-17(18)23-20(24)14-7-5-11-22-12-14/h1-12H,13H2,(H2,21,25). The lowest BCUT2D eigenvalue weighted by Gasteiger charge is -2.12. The molecule has 2 aromatic heterocycles. The topological polar surface area (TPSA) is 56.7 Å². The van der Waals surface area contributed by atoms with Crippen molar-refractivity contribution in [3.05, 3.63) is 84.2 Å². The Kier molecular flexibility index (Phi) is 3.99. The number of aromatic nitrogens is 3. The lowest BCUT2D eigenvalue weighted by molar-refractivity contribution is 0.832. The van der Waals surface area contributed by atoms with Crippen LogP contribution in [0.5, 0.6) is 0 Å². The molecule has 0 bridgehead atoms. The Labute approximate surface area is 151 Å². The molecule has 0 unspecified atom stereocenters. The first-order chi connectivity index (χ1) is 12.2. The minimum absolute atomic E-state index is 0.406. The van der Waals surface area contributed by atoms with Gasteiger partial charge in [-0.05, 0) is 29.8 Å². The summed E-state index contributed by atoms with van der Waals surface area (Å²) >= 11 is 5.21. The molecular weight excluding hydrogens is 328 g/mol. The van der Waals surface area contributed by atoms with E-state index in [4.69, 9.17) is 22.9 Å². The highest BCUT2D eigenvalue weighted by Crippen LogP contribution is 2.26. The van der Waals surface area contributed by atoms with Crippen LogP contribution in [0.3, 0.4) is 0 Å². The molecule has 0 aliphatic heterocycles. The molecule has 0 saturated heterocycles. The van der Waals surface area contributed by atoms with Crippen LogP contribution in [0.2, 0.25) is 0 Å². The molecule has 122 valence electrons. The third-order valence-electron chi connectivity index (χ3n) is 4.19. The number of hydrogen-bond donors (Lipinski definition) is 1. The lowest BCUT2D eigenvalue weighted by atomic mass is 10.1. The van der Waals surface area contributed by atoms with Crippen molar-refractivity contribution >= 4 is 28.2 Å². The first-order valence-corrected chi connectivity index (χ1v) is 8.38. The second-order valence-corrected chi connectivity index (χ2v) is 6.21. The van der Waals surface area contributed by atoms with Gasteiger partial charge >= 0.3 is 0 Å². The van der Waals surface area contributed by atoms with Crippen LogP contribution in [0.15, 0.2) is 73.1 Å². The van der Waals surface area contributed by atoms with E-state index in [0.29, 0.717) is 11.5 Å². The summed E-state index contributed by atoms with van der Waals surface area (Å²) in [4.78, 5) is 9.45. The van der Waals surface area contributed by atoms with Gasteiger partial charge in [0.15, 0.2) is 0 Å². The molecule has 0 aliphatic rings. The SMILES string of the molecule is NC(=S)c1ccccc1Cn1c(-c2cccnc2)nc2ccccc21. The molecule has 4 nitrogen and oxygen atoms in total. The van der Waals surface area contributed by atoms with Gasteiger partial charge in [-0.25, -0.2) is 4.98 Å². The van der Waals surface area contributed by atoms with Crippen molar-refractivity contribution in [1.82, 2.24) is 14.5 Å². The number of nitrogens with zero attached hydrogens (tertiary/aromatic N) is 3. The molecule has 2 aromatic carbocycles. The molecule has 0 spiro atoms. The fraction of sp³-hybridized carbons (Fsp3) is 0.0500. The zero-order valence-electron chi connectivity index (χ0n) is 13.5. The predicted molar refractivity (Wildman–Crippen MR) is 104 cm³/mol. The van der Waals surface area contributed by atoms with Crippen LogP contribution in [-0.4, -0.2) is 19.5 Å². The van der Waals surface area contributed by atoms with Crippen molar-refractivity contribution in [3.63, 3.8) is 0 Å². The third kappa shape index (κ3) is 2.90. The quantitative estimate of drug-likeness (QED) is 0.573. The molecule has 4 rings (SSSR count). The molecule has 0 aliphatic carbocycles. The van der Waals surface area contributed by atoms with Gasteiger partial charge in [0.1, 0.15) is 10.8 Å². The maximum Gasteiger partial charge on any atom is 0.143 e. The summed E-state index contributed by atoms with van der Waals surface area (Å²) in [6.07, 6.45) is 3.59. The normalized spacial score (nSPS) is 10.9. The Hall–Kier alpha value is -3.05. The van der Waals surface area contributed by atoms with Gasteiger partial charge in [0, 0.05) is 23.5 Å². The first kappa shape index (κ1) is 15.5. The van der Waals surface area contributed by atoms with Crippen LogP contribution in [0, 0.1) is 0 Å². The Morgan fingerprint density at radius 3 is 2.60 bits per heavy atom. The molecule has 0 amide bonds. The van der Waals surface area contributed by atoms with Gasteiger partial charge < -0.3 is 10.3 Å². The van der Waals surface area contributed by atoms with Crippen molar-refractivity contribution in [1.29, 1.82) is 0 Å². The highest BCUT2D eigenvalue weighted by molar-refractivity contribution is 7.80. The predicted octanol–water partition coefficient (Wildman–Crippen LogP) is 3.78. The van der Waals surface area contributed by atoms with E-state index < -0.39 is 0 Å². The summed E-state index contributed by atoms with van der Waals surface area (Å²) in [6, 6.07) is 20.0. The number of fused-ring (bicyclic) bond motifs is 1. The van der Waals surface area contributed by atoms with E-state index in [1.54, 1.807) is 6.20 Å². The van der Waals surface area contributed by atoms with Crippen molar-refractivity contribution in [2.45, 2.75) is 6.54 Å². The fourth-order valence-electron chi connectivity index (χ4n) is 3.02. The fourth-order valence-corrected chi connectivity index (χ4v) is 3.22. The number of hydrogen-bond acceptors (Lipinski definition) is 3. The van der Waals surface area contributed by atoms with Crippen molar-refractivity contribution in [3.8, 4) is 11.4 Å². The van der Waals surface area contributed by atoms with Crippen molar-refractivity contribution < 1.29 is 0 Å². The number of imidazole rings is 1. The number of thiocarbonyl (C=S) groups is 1. The summed E-state index contributed by atoms with van der Waals surface area (Å²) in [5, 5.41) is 0. The third-order valence-corrected chi connectivity index (χ3v) is 4.41. The van der Waals surface area contributed by atoms with Gasteiger partial charge in [-0.15, -0.1) is 0 Å². The molecule has 0 radical (unpaired) electrons. The van der Waals surface area contributed by atoms with Gasteiger partial charge in [-0.1, -0.05) is 48.6 Å². The van der Waals surface area contributed by atoms with Crippen LogP contribution in [0.1, 0.15) is 11.1 Å². The maximum atomic E-state index is 5.90. The van der Waals surface area contributed by atoms with E-state index in [2.05, 4.69) is 21.7 Å². The van der Waals surface area contributed by atoms with Gasteiger partial charge in [0.05, 0.1) is 17.6 Å². The van der Waals surface area contributed by atoms with E-state index in [9.17, 15) is 0 Å². The largest absolute Gasteiger partial charge is 0.389 e. The van der Waals surface area contributed by atoms with Gasteiger partial charge in [-0.2, -0.15) is 0 Å². The zero-order chi connectivity index (χ0) is 17.2. The summed E-state index contributed by atoms with van der Waals surface area (Å²) < 4.78 is 2.18. The number of pyridine rings is 1. The highest BCUT2D eigenvalue weighted by atomic mass is 32.1. The molecule has 5 heteroatoms. The van der Waals surface area contributed by atoms with E-state index >= 15 is 0 Å². The van der Waals surface area contributed by atoms with Crippen LogP contribution in [0.25, 0.3) is 22.4 Å². The molecule has 0 atom stereocenters. The number of rotatable bonds is 4. The van der Waals surface area contributed by atoms with E-state index in [-0.39, 0.29) is 0 Å². The van der Waals surface area contributed by atoms with Gasteiger partial charge in [0.25, 0.3) is 0 Å². The Balaban J connectivity index is 1.91. The molecule has 25 heavy (non-hydrogen) atoms. The van der Waals surface area contributed by atoms with Crippen LogP contribution >= 0.6 is 12.2 Å². The van der Waals surface area contributed by atoms with Gasteiger partial charge in [0.2, 0.25) is 0 Å². The first-order valence-electron chi connectivity index (χ1n) is 7.97. The van der Waals surface area contributed by atoms with E-state index in [0.717, 1.165) is 33.5 Å². The molecule has 0 fully saturated rings. The number of benzene rings is 2. The van der Waals surface area contributed by atoms with Crippen molar-refractivity contribution in [2.75, 3.05) is 0 Å². The van der Waals surface area contributed by atoms with Crippen LogP contribution < -0.4 is 5.73 Å². The Morgan fingerprint density at radius 1 is 1.00 bits per heavy atom. The molecule has 4 aromatic rings. The smallest absolute Gasteiger partial charge is 0.143 e. The minimum atomic E-state index is 0.406. The maximum absolute atomic E-state index is 5.90. The monoisotopic (exact) mass is 344 g/mol. The second kappa shape index (κ2) is 6.45. The number of nitrogens with two attached hydrogens (primary N) is 1. The van der Waals surface area contributed by atoms with Crippen LogP contribution in [0.4, 0.5) is 0 Å². The van der Waals surface area contributed by atoms with E-state index in [1.807, 2.05) is 54.7 Å². The second-order valence-electron chi connectivity index (χ2n) is 5.77. The molecule has 2 heterocycles. The van der Waals surface area contributed by atoms with E-state index in [1.165, 1.54) is 0 Å². The summed E-state index contributed by atoms with van der Waals surface area (Å²) in [6.45, 7) is 0.637. The summed E-state index contributed by atoms with van der Waals surface area (Å²) in [5.41, 5.74) is 10.9. The average Bonchev–Trinajstić information content (AvgIpc) is 3.01. The molecule has 0 saturated carbocycles. The highest BCUT2D eigenvalue weighted by Gasteiger charge is 2.14. The average molecular weight is 344 g/mol. The van der Waals surface area contributed by atoms with Gasteiger partial charge in [-0.3, -0.25) is 4.98 Å². The molecule has 2 N–H and O–H groups in total. The van der Waals surface area contributed by atoms with Crippen molar-refractivity contribution in [2.24, 2.45) is 5.73 Å². The molecular formula is C20H16N4S. The zero-order valence-corrected chi connectivity index (χ0v) is 14.3. The summed E-state index contributed by atoms with van der Waals surface area (Å²) in [5.74, 6) is 0.882. The number of para-hydroxylation sites is 2. The lowest BCUT2D eigenvalue weighted by Crippen LogP contribution is -2.14. The van der Waals surface area contributed by atoms with Crippen LogP contribution in [-0.2, 0) is 6.54 Å². The Bertz CT molecular complexity index is 1050.